The van der Waals surface area contributed by atoms with Crippen molar-refractivity contribution in [2.45, 2.75) is 130 Å². The molecule has 0 unspecified atom stereocenters. The molecule has 0 atom stereocenters. The molecule has 4 aliphatic rings. The molecule has 0 fully saturated rings. The zero-order valence-corrected chi connectivity index (χ0v) is 37.3. The molecule has 0 saturated heterocycles. The highest BCUT2D eigenvalue weighted by Gasteiger charge is 2.49. The van der Waals surface area contributed by atoms with Gasteiger partial charge in [-0.25, -0.2) is 0 Å². The third kappa shape index (κ3) is 5.66. The third-order valence-electron chi connectivity index (χ3n) is 14.6. The van der Waals surface area contributed by atoms with Crippen molar-refractivity contribution in [3.63, 3.8) is 0 Å². The van der Waals surface area contributed by atoms with Crippen molar-refractivity contribution in [1.82, 2.24) is 0 Å². The van der Waals surface area contributed by atoms with E-state index in [1.165, 1.54) is 38.7 Å². The van der Waals surface area contributed by atoms with Crippen LogP contribution in [0.15, 0.2) is 109 Å². The number of benzene rings is 6. The Labute approximate surface area is 359 Å². The Morgan fingerprint density at radius 1 is 0.525 bits per heavy atom. The molecular weight excluding hydrogens is 711 g/mol. The van der Waals surface area contributed by atoms with Crippen molar-refractivity contribution in [1.29, 1.82) is 0 Å². The Morgan fingerprint density at radius 2 is 1.14 bits per heavy atom. The average Bonchev–Trinajstić information content (AvgIpc) is 3.50. The second kappa shape index (κ2) is 12.3. The van der Waals surface area contributed by atoms with Crippen molar-refractivity contribution >= 4 is 57.2 Å². The summed E-state index contributed by atoms with van der Waals surface area (Å²) >= 11 is 0. The molecule has 0 bridgehead atoms. The lowest BCUT2D eigenvalue weighted by Crippen LogP contribution is -2.61. The molecule has 0 aromatic heterocycles. The van der Waals surface area contributed by atoms with Crippen molar-refractivity contribution < 1.29 is 4.11 Å². The van der Waals surface area contributed by atoms with Crippen molar-refractivity contribution in [3.05, 3.63) is 148 Å². The fourth-order valence-electron chi connectivity index (χ4n) is 12.2. The quantitative estimate of drug-likeness (QED) is 0.165. The van der Waals surface area contributed by atoms with E-state index in [0.717, 1.165) is 69.1 Å². The highest BCUT2D eigenvalue weighted by Crippen LogP contribution is 2.55. The molecule has 2 aliphatic heterocycles. The molecule has 2 nitrogen and oxygen atoms in total. The van der Waals surface area contributed by atoms with Crippen LogP contribution in [0, 0.1) is 13.8 Å². The summed E-state index contributed by atoms with van der Waals surface area (Å²) in [4.78, 5) is 4.86. The predicted molar refractivity (Wildman–Crippen MR) is 255 cm³/mol. The first-order chi connectivity index (χ1) is 28.9. The van der Waals surface area contributed by atoms with Crippen LogP contribution < -0.4 is 26.2 Å². The smallest absolute Gasteiger partial charge is 0.252 e. The summed E-state index contributed by atoms with van der Waals surface area (Å²) in [5.74, 6) is 0. The van der Waals surface area contributed by atoms with Crippen LogP contribution in [0.5, 0.6) is 0 Å². The maximum atomic E-state index is 9.05. The molecule has 10 rings (SSSR count). The van der Waals surface area contributed by atoms with Gasteiger partial charge in [-0.05, 0) is 163 Å². The molecule has 0 spiro atoms. The largest absolute Gasteiger partial charge is 0.311 e. The van der Waals surface area contributed by atoms with Crippen LogP contribution in [0.25, 0.3) is 11.1 Å². The van der Waals surface area contributed by atoms with Gasteiger partial charge in [0.1, 0.15) is 0 Å². The normalized spacial score (nSPS) is 19.5. The Morgan fingerprint density at radius 3 is 1.80 bits per heavy atom. The van der Waals surface area contributed by atoms with Gasteiger partial charge in [0.15, 0.2) is 0 Å². The second-order valence-corrected chi connectivity index (χ2v) is 22.0. The number of hydrogen-bond acceptors (Lipinski definition) is 2. The van der Waals surface area contributed by atoms with Crippen molar-refractivity contribution in [2.75, 3.05) is 9.80 Å². The van der Waals surface area contributed by atoms with Crippen LogP contribution >= 0.6 is 0 Å². The Kier molecular flexibility index (Phi) is 7.24. The zero-order valence-electron chi connectivity index (χ0n) is 40.3. The molecule has 298 valence electrons. The first kappa shape index (κ1) is 34.8. The van der Waals surface area contributed by atoms with Gasteiger partial charge >= 0.3 is 0 Å². The number of nitrogens with zero attached hydrogens (tertiary/aromatic N) is 2. The number of aryl methyl sites for hydroxylation is 2. The fraction of sp³-hybridized carbons (Fsp3) is 0.357. The standard InChI is InChI=1S/C56H61BN2/c1-34-25-49-51-50(26-34)59(46-27-37(20-19-35(46)2)36-17-15-14-16-18-36)47-28-38(52(3,4)5)21-24-44(47)57(51)45-30-42-43(56(12,13)33-55(42,10)11)31-48(45)58(49)39-22-23-40-41(29-39)54(8,9)32-53(40,6)7/h14-31H,32-33H2,1-13H3/i1D3. The lowest BCUT2D eigenvalue weighted by Gasteiger charge is -2.45. The highest BCUT2D eigenvalue weighted by molar-refractivity contribution is 7.00. The Balaban J connectivity index is 1.35. The van der Waals surface area contributed by atoms with Gasteiger partial charge in [0.05, 0.1) is 0 Å². The molecule has 0 saturated carbocycles. The highest BCUT2D eigenvalue weighted by atomic mass is 15.2. The molecule has 0 amide bonds. The summed E-state index contributed by atoms with van der Waals surface area (Å²) in [6.07, 6.45) is 2.13. The molecule has 0 radical (unpaired) electrons. The van der Waals surface area contributed by atoms with Gasteiger partial charge in [-0.3, -0.25) is 0 Å². The molecule has 6 aromatic rings. The van der Waals surface area contributed by atoms with E-state index in [9.17, 15) is 0 Å². The van der Waals surface area contributed by atoms with E-state index in [4.69, 9.17) is 4.11 Å². The van der Waals surface area contributed by atoms with Gasteiger partial charge in [0.25, 0.3) is 6.71 Å². The van der Waals surface area contributed by atoms with Crippen molar-refractivity contribution in [3.8, 4) is 11.1 Å². The molecule has 2 heterocycles. The molecule has 0 N–H and O–H groups in total. The molecule has 2 aliphatic carbocycles. The van der Waals surface area contributed by atoms with Gasteiger partial charge in [-0.15, -0.1) is 0 Å². The van der Waals surface area contributed by atoms with Gasteiger partial charge in [0.2, 0.25) is 0 Å². The van der Waals surface area contributed by atoms with E-state index >= 15 is 0 Å². The van der Waals surface area contributed by atoms with Gasteiger partial charge in [-0.1, -0.05) is 143 Å². The minimum atomic E-state index is -2.35. The van der Waals surface area contributed by atoms with E-state index in [0.29, 0.717) is 5.56 Å². The van der Waals surface area contributed by atoms with Crippen molar-refractivity contribution in [2.24, 2.45) is 0 Å². The summed E-state index contributed by atoms with van der Waals surface area (Å²) in [7, 11) is 0. The minimum absolute atomic E-state index is 0.00922. The monoisotopic (exact) mass is 776 g/mol. The van der Waals surface area contributed by atoms with Crippen LogP contribution in [0.4, 0.5) is 34.1 Å². The molecule has 6 aromatic carbocycles. The van der Waals surface area contributed by atoms with E-state index in [1.807, 2.05) is 12.1 Å². The first-order valence-electron chi connectivity index (χ1n) is 23.3. The lowest BCUT2D eigenvalue weighted by atomic mass is 9.33. The summed E-state index contributed by atoms with van der Waals surface area (Å²) in [6, 6.07) is 40.6. The summed E-state index contributed by atoms with van der Waals surface area (Å²) in [5, 5.41) is 0. The number of fused-ring (bicyclic) bond motifs is 6. The van der Waals surface area contributed by atoms with E-state index in [2.05, 4.69) is 190 Å². The number of rotatable bonds is 3. The topological polar surface area (TPSA) is 6.48 Å². The minimum Gasteiger partial charge on any atom is -0.311 e. The van der Waals surface area contributed by atoms with Gasteiger partial charge in [0, 0.05) is 38.2 Å². The SMILES string of the molecule is [2H]C([2H])([2H])c1cc2c3c(c1)N(c1cc(-c4ccccc4)ccc1C)c1cc(C(C)(C)C)ccc1B3c1cc3c(cc1N2c1ccc2c(c1)C(C)(C)CC2(C)C)C(C)(C)CC3(C)C. The third-order valence-corrected chi connectivity index (χ3v) is 14.6. The summed E-state index contributed by atoms with van der Waals surface area (Å²) < 4.78 is 27.2. The maximum absolute atomic E-state index is 9.05. The number of hydrogen-bond donors (Lipinski definition) is 0. The Hall–Kier alpha value is -5.02. The second-order valence-electron chi connectivity index (χ2n) is 22.0. The van der Waals surface area contributed by atoms with Crippen LogP contribution in [0.1, 0.15) is 132 Å². The van der Waals surface area contributed by atoms with Crippen LogP contribution in [-0.4, -0.2) is 6.71 Å². The fourth-order valence-corrected chi connectivity index (χ4v) is 12.2. The Bertz CT molecular complexity index is 2860. The van der Waals surface area contributed by atoms with E-state index in [1.54, 1.807) is 0 Å². The molecule has 59 heavy (non-hydrogen) atoms. The summed E-state index contributed by atoms with van der Waals surface area (Å²) in [6.45, 7) is 25.7. The predicted octanol–water partition coefficient (Wildman–Crippen LogP) is 13.3. The zero-order chi connectivity index (χ0) is 44.3. The van der Waals surface area contributed by atoms with Gasteiger partial charge < -0.3 is 9.80 Å². The molecular formula is C56H61BN2. The van der Waals surface area contributed by atoms with E-state index < -0.39 is 6.85 Å². The van der Waals surface area contributed by atoms with Crippen LogP contribution in [-0.2, 0) is 27.1 Å². The van der Waals surface area contributed by atoms with Gasteiger partial charge in [-0.2, -0.15) is 0 Å². The molecule has 3 heteroatoms. The average molecular weight is 776 g/mol. The lowest BCUT2D eigenvalue weighted by molar-refractivity contribution is 0.403. The summed E-state index contributed by atoms with van der Waals surface area (Å²) in [5.41, 5.74) is 20.4. The van der Waals surface area contributed by atoms with Crippen LogP contribution in [0.2, 0.25) is 0 Å². The maximum Gasteiger partial charge on any atom is 0.252 e. The first-order valence-corrected chi connectivity index (χ1v) is 21.8. The van der Waals surface area contributed by atoms with E-state index in [-0.39, 0.29) is 33.8 Å². The number of anilines is 6. The van der Waals surface area contributed by atoms with Crippen LogP contribution in [0.3, 0.4) is 0 Å².